The lowest BCUT2D eigenvalue weighted by molar-refractivity contribution is -0.137. The van der Waals surface area contributed by atoms with Crippen molar-refractivity contribution in [1.82, 2.24) is 9.97 Å². The fraction of sp³-hybridized carbons (Fsp3) is 0.263. The van der Waals surface area contributed by atoms with Crippen LogP contribution in [0.3, 0.4) is 0 Å². The fourth-order valence-corrected chi connectivity index (χ4v) is 3.31. The molecule has 7 heteroatoms. The number of carboxylic acids is 1. The quantitative estimate of drug-likeness (QED) is 0.480. The molecular weight excluding hydrogens is 350 g/mol. The molecule has 0 saturated carbocycles. The van der Waals surface area contributed by atoms with Crippen molar-refractivity contribution in [2.75, 3.05) is 6.61 Å². The van der Waals surface area contributed by atoms with Gasteiger partial charge in [0, 0.05) is 12.6 Å². The first-order chi connectivity index (χ1) is 12.6. The lowest BCUT2D eigenvalue weighted by Gasteiger charge is -2.05. The molecule has 0 saturated heterocycles. The molecule has 2 heterocycles. The molecule has 26 heavy (non-hydrogen) atoms. The van der Waals surface area contributed by atoms with E-state index in [0.29, 0.717) is 25.3 Å². The summed E-state index contributed by atoms with van der Waals surface area (Å²) < 4.78 is 6.74. The standard InChI is InChI=1S/C19H19N3O3S/c1-13(14-6-2-3-10-20-14)21-12-17-22-19-15(7-4-8-16(19)26-17)25-11-5-9-18(23)24/h2-4,6-8,10H,5,9,11-12H2,1H3,(H,23,24). The summed E-state index contributed by atoms with van der Waals surface area (Å²) in [5.74, 6) is -0.135. The SMILES string of the molecule is CC(=NCc1nc2c(OCCCC(=O)O)cccc2s1)c1ccccn1. The average molecular weight is 369 g/mol. The van der Waals surface area contributed by atoms with Crippen LogP contribution in [0.25, 0.3) is 10.2 Å². The third-order valence-corrected chi connectivity index (χ3v) is 4.71. The molecule has 0 radical (unpaired) electrons. The van der Waals surface area contributed by atoms with Crippen LogP contribution in [-0.4, -0.2) is 33.4 Å². The van der Waals surface area contributed by atoms with Gasteiger partial charge in [0.15, 0.2) is 0 Å². The van der Waals surface area contributed by atoms with Crippen molar-refractivity contribution in [3.8, 4) is 5.75 Å². The monoisotopic (exact) mass is 369 g/mol. The lowest BCUT2D eigenvalue weighted by Crippen LogP contribution is -2.02. The molecule has 2 aromatic heterocycles. The molecular formula is C19H19N3O3S. The average Bonchev–Trinajstić information content (AvgIpc) is 3.07. The summed E-state index contributed by atoms with van der Waals surface area (Å²) in [5, 5.41) is 9.59. The molecule has 0 atom stereocenters. The van der Waals surface area contributed by atoms with Crippen molar-refractivity contribution in [3.63, 3.8) is 0 Å². The van der Waals surface area contributed by atoms with Crippen LogP contribution < -0.4 is 4.74 Å². The third kappa shape index (κ3) is 4.64. The number of thiazole rings is 1. The molecule has 134 valence electrons. The van der Waals surface area contributed by atoms with E-state index in [2.05, 4.69) is 15.0 Å². The first-order valence-electron chi connectivity index (χ1n) is 8.29. The van der Waals surface area contributed by atoms with E-state index in [0.717, 1.165) is 26.6 Å². The van der Waals surface area contributed by atoms with E-state index in [1.807, 2.05) is 43.3 Å². The second-order valence-corrected chi connectivity index (χ2v) is 6.79. The maximum absolute atomic E-state index is 10.6. The Balaban J connectivity index is 1.71. The van der Waals surface area contributed by atoms with Crippen molar-refractivity contribution >= 4 is 33.2 Å². The predicted octanol–water partition coefficient (Wildman–Crippen LogP) is 3.94. The molecule has 6 nitrogen and oxygen atoms in total. The number of para-hydroxylation sites is 1. The zero-order valence-electron chi connectivity index (χ0n) is 14.4. The highest BCUT2D eigenvalue weighted by Gasteiger charge is 2.09. The van der Waals surface area contributed by atoms with Crippen LogP contribution in [0.4, 0.5) is 0 Å². The summed E-state index contributed by atoms with van der Waals surface area (Å²) in [7, 11) is 0. The molecule has 0 amide bonds. The molecule has 0 spiro atoms. The highest BCUT2D eigenvalue weighted by atomic mass is 32.1. The number of fused-ring (bicyclic) bond motifs is 1. The fourth-order valence-electron chi connectivity index (χ4n) is 2.40. The smallest absolute Gasteiger partial charge is 0.303 e. The Morgan fingerprint density at radius 2 is 2.15 bits per heavy atom. The van der Waals surface area contributed by atoms with Crippen molar-refractivity contribution in [3.05, 3.63) is 53.3 Å². The van der Waals surface area contributed by atoms with E-state index < -0.39 is 5.97 Å². The largest absolute Gasteiger partial charge is 0.491 e. The molecule has 1 aromatic carbocycles. The topological polar surface area (TPSA) is 84.7 Å². The number of ether oxygens (including phenoxy) is 1. The number of rotatable bonds is 8. The second kappa shape index (κ2) is 8.53. The van der Waals surface area contributed by atoms with Crippen molar-refractivity contribution in [1.29, 1.82) is 0 Å². The van der Waals surface area contributed by atoms with Crippen LogP contribution >= 0.6 is 11.3 Å². The minimum Gasteiger partial charge on any atom is -0.491 e. The molecule has 0 aliphatic carbocycles. The number of benzene rings is 1. The Morgan fingerprint density at radius 3 is 2.92 bits per heavy atom. The van der Waals surface area contributed by atoms with E-state index in [1.165, 1.54) is 0 Å². The highest BCUT2D eigenvalue weighted by molar-refractivity contribution is 7.18. The number of aromatic nitrogens is 2. The van der Waals surface area contributed by atoms with Gasteiger partial charge in [-0.1, -0.05) is 12.1 Å². The molecule has 3 rings (SSSR count). The van der Waals surface area contributed by atoms with Crippen molar-refractivity contribution in [2.24, 2.45) is 4.99 Å². The van der Waals surface area contributed by atoms with Gasteiger partial charge < -0.3 is 9.84 Å². The Labute approximate surface area is 155 Å². The molecule has 0 aliphatic rings. The predicted molar refractivity (Wildman–Crippen MR) is 102 cm³/mol. The Hall–Kier alpha value is -2.80. The third-order valence-electron chi connectivity index (χ3n) is 3.71. The van der Waals surface area contributed by atoms with Crippen molar-refractivity contribution < 1.29 is 14.6 Å². The van der Waals surface area contributed by atoms with E-state index in [9.17, 15) is 4.79 Å². The molecule has 0 unspecified atom stereocenters. The summed E-state index contributed by atoms with van der Waals surface area (Å²) in [6.45, 7) is 2.78. The zero-order valence-corrected chi connectivity index (χ0v) is 15.2. The first kappa shape index (κ1) is 18.0. The Bertz CT molecular complexity index is 922. The first-order valence-corrected chi connectivity index (χ1v) is 9.10. The van der Waals surface area contributed by atoms with Crippen LogP contribution in [0.1, 0.15) is 30.5 Å². The zero-order chi connectivity index (χ0) is 18.4. The van der Waals surface area contributed by atoms with Crippen LogP contribution in [0, 0.1) is 0 Å². The second-order valence-electron chi connectivity index (χ2n) is 5.67. The normalized spacial score (nSPS) is 11.7. The van der Waals surface area contributed by atoms with Crippen LogP contribution in [0.15, 0.2) is 47.6 Å². The summed E-state index contributed by atoms with van der Waals surface area (Å²) in [6.07, 6.45) is 2.32. The summed E-state index contributed by atoms with van der Waals surface area (Å²) in [5.41, 5.74) is 2.53. The van der Waals surface area contributed by atoms with Gasteiger partial charge in [-0.25, -0.2) is 4.98 Å². The summed E-state index contributed by atoms with van der Waals surface area (Å²) in [4.78, 5) is 24.1. The molecule has 1 N–H and O–H groups in total. The number of hydrogen-bond acceptors (Lipinski definition) is 6. The van der Waals surface area contributed by atoms with Gasteiger partial charge in [0.05, 0.1) is 29.3 Å². The highest BCUT2D eigenvalue weighted by Crippen LogP contribution is 2.30. The number of nitrogens with zero attached hydrogens (tertiary/aromatic N) is 3. The lowest BCUT2D eigenvalue weighted by atomic mass is 10.2. The van der Waals surface area contributed by atoms with E-state index in [1.54, 1.807) is 17.5 Å². The molecule has 3 aromatic rings. The van der Waals surface area contributed by atoms with Gasteiger partial charge >= 0.3 is 5.97 Å². The Kier molecular flexibility index (Phi) is 5.91. The van der Waals surface area contributed by atoms with Gasteiger partial charge in [0.2, 0.25) is 0 Å². The van der Waals surface area contributed by atoms with Gasteiger partial charge in [-0.2, -0.15) is 0 Å². The minimum atomic E-state index is -0.816. The number of pyridine rings is 1. The minimum absolute atomic E-state index is 0.0970. The number of carbonyl (C=O) groups is 1. The van der Waals surface area contributed by atoms with Gasteiger partial charge in [-0.3, -0.25) is 14.8 Å². The number of hydrogen-bond donors (Lipinski definition) is 1. The molecule has 0 fully saturated rings. The van der Waals surface area contributed by atoms with Crippen LogP contribution in [-0.2, 0) is 11.3 Å². The van der Waals surface area contributed by atoms with Gasteiger partial charge in [-0.05, 0) is 37.6 Å². The maximum Gasteiger partial charge on any atom is 0.303 e. The molecule has 0 bridgehead atoms. The van der Waals surface area contributed by atoms with Gasteiger partial charge in [0.25, 0.3) is 0 Å². The van der Waals surface area contributed by atoms with Crippen LogP contribution in [0.2, 0.25) is 0 Å². The van der Waals surface area contributed by atoms with E-state index in [-0.39, 0.29) is 6.42 Å². The Morgan fingerprint density at radius 1 is 1.27 bits per heavy atom. The van der Waals surface area contributed by atoms with Gasteiger partial charge in [0.1, 0.15) is 16.3 Å². The molecule has 0 aliphatic heterocycles. The van der Waals surface area contributed by atoms with E-state index in [4.69, 9.17) is 9.84 Å². The van der Waals surface area contributed by atoms with Crippen molar-refractivity contribution in [2.45, 2.75) is 26.3 Å². The summed E-state index contributed by atoms with van der Waals surface area (Å²) in [6, 6.07) is 11.5. The number of aliphatic imine (C=N–C) groups is 1. The van der Waals surface area contributed by atoms with Crippen LogP contribution in [0.5, 0.6) is 5.75 Å². The maximum atomic E-state index is 10.6. The number of carboxylic acid groups (broad SMARTS) is 1. The summed E-state index contributed by atoms with van der Waals surface area (Å²) >= 11 is 1.58. The number of aliphatic carboxylic acids is 1. The van der Waals surface area contributed by atoms with Gasteiger partial charge in [-0.15, -0.1) is 11.3 Å². The van der Waals surface area contributed by atoms with E-state index >= 15 is 0 Å².